The van der Waals surface area contributed by atoms with Crippen LogP contribution >= 0.6 is 35.0 Å². The quantitative estimate of drug-likeness (QED) is 0.279. The van der Waals surface area contributed by atoms with E-state index in [0.29, 0.717) is 34.7 Å². The zero-order chi connectivity index (χ0) is 25.9. The molecule has 0 heterocycles. The number of nitrogens with one attached hydrogen (secondary N) is 1. The second-order valence-electron chi connectivity index (χ2n) is 9.08. The topological polar surface area (TPSA) is 49.4 Å². The molecule has 0 aliphatic carbocycles. The Morgan fingerprint density at radius 3 is 2.31 bits per heavy atom. The molecule has 36 heavy (non-hydrogen) atoms. The standard InChI is InChI=1S/C29H32Cl2N2O2S/c1-21(2)17-32-29(35)27(16-22-9-4-3-5-10-22)33(18-24-12-6-7-14-26(24)31)28(34)20-36-19-23-11-8-13-25(30)15-23/h3-15,21,27H,16-20H2,1-2H3,(H,32,35)/t27-/m1/s1. The summed E-state index contributed by atoms with van der Waals surface area (Å²) in [6, 6.07) is 24.2. The van der Waals surface area contributed by atoms with Crippen molar-refractivity contribution in [3.63, 3.8) is 0 Å². The third-order valence-corrected chi connectivity index (χ3v) is 7.23. The van der Waals surface area contributed by atoms with Gasteiger partial charge in [-0.3, -0.25) is 9.59 Å². The predicted molar refractivity (Wildman–Crippen MR) is 151 cm³/mol. The monoisotopic (exact) mass is 542 g/mol. The number of carbonyl (C=O) groups excluding carboxylic acids is 2. The van der Waals surface area contributed by atoms with Crippen LogP contribution in [-0.2, 0) is 28.3 Å². The maximum Gasteiger partial charge on any atom is 0.243 e. The first kappa shape index (κ1) is 28.1. The lowest BCUT2D eigenvalue weighted by molar-refractivity contribution is -0.139. The molecule has 0 saturated heterocycles. The van der Waals surface area contributed by atoms with Crippen molar-refractivity contribution in [2.75, 3.05) is 12.3 Å². The highest BCUT2D eigenvalue weighted by molar-refractivity contribution is 7.99. The number of nitrogens with zero attached hydrogens (tertiary/aromatic N) is 1. The molecule has 0 spiro atoms. The van der Waals surface area contributed by atoms with E-state index >= 15 is 0 Å². The fourth-order valence-electron chi connectivity index (χ4n) is 3.75. The molecule has 0 aliphatic heterocycles. The first-order valence-electron chi connectivity index (χ1n) is 12.0. The Labute approximate surface area is 228 Å². The summed E-state index contributed by atoms with van der Waals surface area (Å²) in [6.07, 6.45) is 0.417. The molecular formula is C29H32Cl2N2O2S. The number of rotatable bonds is 12. The van der Waals surface area contributed by atoms with Gasteiger partial charge in [0.1, 0.15) is 6.04 Å². The molecule has 190 valence electrons. The molecule has 0 aliphatic rings. The fourth-order valence-corrected chi connectivity index (χ4v) is 5.02. The van der Waals surface area contributed by atoms with Crippen LogP contribution < -0.4 is 5.32 Å². The average Bonchev–Trinajstić information content (AvgIpc) is 2.86. The van der Waals surface area contributed by atoms with Crippen LogP contribution in [0, 0.1) is 5.92 Å². The van der Waals surface area contributed by atoms with Gasteiger partial charge < -0.3 is 10.2 Å². The highest BCUT2D eigenvalue weighted by Gasteiger charge is 2.30. The smallest absolute Gasteiger partial charge is 0.243 e. The fraction of sp³-hybridized carbons (Fsp3) is 0.310. The van der Waals surface area contributed by atoms with Crippen LogP contribution in [0.1, 0.15) is 30.5 Å². The van der Waals surface area contributed by atoms with Gasteiger partial charge in [0.2, 0.25) is 11.8 Å². The number of carbonyl (C=O) groups is 2. The lowest BCUT2D eigenvalue weighted by Gasteiger charge is -2.32. The summed E-state index contributed by atoms with van der Waals surface area (Å²) >= 11 is 14.1. The second-order valence-corrected chi connectivity index (χ2v) is 10.9. The Morgan fingerprint density at radius 1 is 0.917 bits per heavy atom. The molecule has 0 saturated carbocycles. The highest BCUT2D eigenvalue weighted by Crippen LogP contribution is 2.23. The van der Waals surface area contributed by atoms with Crippen molar-refractivity contribution in [3.05, 3.63) is 106 Å². The van der Waals surface area contributed by atoms with Gasteiger partial charge in [0.05, 0.1) is 5.75 Å². The molecule has 1 atom stereocenters. The minimum absolute atomic E-state index is 0.109. The van der Waals surface area contributed by atoms with Gasteiger partial charge >= 0.3 is 0 Å². The van der Waals surface area contributed by atoms with E-state index in [2.05, 4.69) is 5.32 Å². The van der Waals surface area contributed by atoms with Crippen molar-refractivity contribution in [1.82, 2.24) is 10.2 Å². The third kappa shape index (κ3) is 8.88. The molecule has 0 aromatic heterocycles. The van der Waals surface area contributed by atoms with Gasteiger partial charge in [0, 0.05) is 35.3 Å². The van der Waals surface area contributed by atoms with Crippen LogP contribution in [0.15, 0.2) is 78.9 Å². The minimum atomic E-state index is -0.665. The highest BCUT2D eigenvalue weighted by atomic mass is 35.5. The van der Waals surface area contributed by atoms with Gasteiger partial charge in [-0.1, -0.05) is 97.7 Å². The van der Waals surface area contributed by atoms with Gasteiger partial charge in [0.25, 0.3) is 0 Å². The second kappa shape index (κ2) is 14.3. The van der Waals surface area contributed by atoms with Gasteiger partial charge in [-0.15, -0.1) is 11.8 Å². The molecular weight excluding hydrogens is 511 g/mol. The molecule has 2 amide bonds. The van der Waals surface area contributed by atoms with Crippen molar-refractivity contribution in [2.45, 2.75) is 38.6 Å². The number of hydrogen-bond donors (Lipinski definition) is 1. The van der Waals surface area contributed by atoms with E-state index in [1.807, 2.05) is 86.6 Å². The van der Waals surface area contributed by atoms with Crippen molar-refractivity contribution in [3.8, 4) is 0 Å². The van der Waals surface area contributed by atoms with Crippen molar-refractivity contribution in [1.29, 1.82) is 0 Å². The molecule has 1 N–H and O–H groups in total. The van der Waals surface area contributed by atoms with E-state index in [-0.39, 0.29) is 24.1 Å². The Bertz CT molecular complexity index is 1140. The number of hydrogen-bond acceptors (Lipinski definition) is 3. The van der Waals surface area contributed by atoms with Crippen molar-refractivity contribution >= 4 is 46.8 Å². The van der Waals surface area contributed by atoms with Crippen LogP contribution in [0.4, 0.5) is 0 Å². The van der Waals surface area contributed by atoms with Gasteiger partial charge in [0.15, 0.2) is 0 Å². The summed E-state index contributed by atoms with van der Waals surface area (Å²) in [6.45, 7) is 4.89. The zero-order valence-corrected chi connectivity index (χ0v) is 23.0. The van der Waals surface area contributed by atoms with Gasteiger partial charge in [-0.25, -0.2) is 0 Å². The normalized spacial score (nSPS) is 11.8. The van der Waals surface area contributed by atoms with E-state index < -0.39 is 6.04 Å². The molecule has 7 heteroatoms. The molecule has 3 aromatic carbocycles. The number of thioether (sulfide) groups is 1. The van der Waals surface area contributed by atoms with Gasteiger partial charge in [-0.05, 0) is 40.8 Å². The Balaban J connectivity index is 1.85. The predicted octanol–water partition coefficient (Wildman–Crippen LogP) is 6.64. The molecule has 3 aromatic rings. The number of halogens is 2. The molecule has 0 radical (unpaired) electrons. The lowest BCUT2D eigenvalue weighted by Crippen LogP contribution is -2.51. The number of benzene rings is 3. The first-order valence-corrected chi connectivity index (χ1v) is 13.9. The van der Waals surface area contributed by atoms with Gasteiger partial charge in [-0.2, -0.15) is 0 Å². The first-order chi connectivity index (χ1) is 17.3. The van der Waals surface area contributed by atoms with Crippen LogP contribution in [0.5, 0.6) is 0 Å². The van der Waals surface area contributed by atoms with Crippen LogP contribution in [0.25, 0.3) is 0 Å². The van der Waals surface area contributed by atoms with E-state index in [4.69, 9.17) is 23.2 Å². The summed E-state index contributed by atoms with van der Waals surface area (Å²) in [5, 5.41) is 4.28. The molecule has 3 rings (SSSR count). The minimum Gasteiger partial charge on any atom is -0.354 e. The Kier molecular flexibility index (Phi) is 11.2. The van der Waals surface area contributed by atoms with E-state index in [1.54, 1.807) is 11.0 Å². The van der Waals surface area contributed by atoms with Crippen LogP contribution in [0.2, 0.25) is 10.0 Å². The maximum atomic E-state index is 13.6. The third-order valence-electron chi connectivity index (χ3n) is 5.64. The summed E-state index contributed by atoms with van der Waals surface area (Å²) in [4.78, 5) is 28.8. The SMILES string of the molecule is CC(C)CNC(=O)[C@@H](Cc1ccccc1)N(Cc1ccccc1Cl)C(=O)CSCc1cccc(Cl)c1. The van der Waals surface area contributed by atoms with E-state index in [1.165, 1.54) is 11.8 Å². The molecule has 4 nitrogen and oxygen atoms in total. The van der Waals surface area contributed by atoms with Crippen molar-refractivity contribution in [2.24, 2.45) is 5.92 Å². The molecule has 0 fully saturated rings. The Morgan fingerprint density at radius 2 is 1.61 bits per heavy atom. The Hall–Kier alpha value is -2.47. The molecule has 0 bridgehead atoms. The van der Waals surface area contributed by atoms with Crippen LogP contribution in [0.3, 0.4) is 0 Å². The summed E-state index contributed by atoms with van der Waals surface area (Å²) in [5.74, 6) is 0.914. The largest absolute Gasteiger partial charge is 0.354 e. The van der Waals surface area contributed by atoms with E-state index in [9.17, 15) is 9.59 Å². The van der Waals surface area contributed by atoms with Crippen LogP contribution in [-0.4, -0.2) is 35.1 Å². The summed E-state index contributed by atoms with van der Waals surface area (Å²) in [5.41, 5.74) is 2.85. The maximum absolute atomic E-state index is 13.6. The summed E-state index contributed by atoms with van der Waals surface area (Å²) < 4.78 is 0. The van der Waals surface area contributed by atoms with E-state index in [0.717, 1.165) is 16.7 Å². The number of amides is 2. The summed E-state index contributed by atoms with van der Waals surface area (Å²) in [7, 11) is 0. The lowest BCUT2D eigenvalue weighted by atomic mass is 10.0. The zero-order valence-electron chi connectivity index (χ0n) is 20.6. The van der Waals surface area contributed by atoms with Crippen molar-refractivity contribution < 1.29 is 9.59 Å². The molecule has 0 unspecified atom stereocenters. The average molecular weight is 544 g/mol.